The minimum Gasteiger partial charge on any atom is -0.338 e. The van der Waals surface area contributed by atoms with E-state index in [0.717, 1.165) is 0 Å². The lowest BCUT2D eigenvalue weighted by molar-refractivity contribution is 0.0907. The van der Waals surface area contributed by atoms with Crippen LogP contribution in [0.5, 0.6) is 0 Å². The van der Waals surface area contributed by atoms with Gasteiger partial charge in [-0.15, -0.1) is 6.42 Å². The van der Waals surface area contributed by atoms with Crippen LogP contribution in [0.3, 0.4) is 0 Å². The van der Waals surface area contributed by atoms with E-state index < -0.39 is 24.4 Å². The van der Waals surface area contributed by atoms with Crippen LogP contribution in [0, 0.1) is 12.3 Å². The molecule has 1 amide bonds. The molecule has 1 rings (SSSR count). The molecule has 0 radical (unpaired) electrons. The highest BCUT2D eigenvalue weighted by Crippen LogP contribution is 2.08. The van der Waals surface area contributed by atoms with Gasteiger partial charge in [0.2, 0.25) is 0 Å². The van der Waals surface area contributed by atoms with Crippen LogP contribution in [-0.4, -0.2) is 22.4 Å². The number of carbonyl (C=O) groups is 1. The van der Waals surface area contributed by atoms with Crippen LogP contribution >= 0.6 is 0 Å². The van der Waals surface area contributed by atoms with E-state index in [1.165, 1.54) is 16.8 Å². The van der Waals surface area contributed by atoms with Crippen LogP contribution < -0.4 is 5.32 Å². The zero-order valence-electron chi connectivity index (χ0n) is 9.71. The molecule has 92 valence electrons. The van der Waals surface area contributed by atoms with E-state index in [0.29, 0.717) is 0 Å². The Morgan fingerprint density at radius 2 is 2.29 bits per heavy atom. The molecule has 1 aromatic rings. The number of halogens is 2. The predicted molar refractivity (Wildman–Crippen MR) is 60.8 cm³/mol. The number of nitrogens with one attached hydrogen (secondary N) is 1. The topological polar surface area (TPSA) is 34.0 Å². The summed E-state index contributed by atoms with van der Waals surface area (Å²) in [4.78, 5) is 11.8. The van der Waals surface area contributed by atoms with Gasteiger partial charge in [0, 0.05) is 6.20 Å². The SMILES string of the molecule is C#CC(C)(C)NC(=O)c1cccn1CC(F)F. The van der Waals surface area contributed by atoms with Gasteiger partial charge in [-0.1, -0.05) is 5.92 Å². The quantitative estimate of drug-likeness (QED) is 0.801. The number of rotatable bonds is 4. The summed E-state index contributed by atoms with van der Waals surface area (Å²) in [7, 11) is 0. The normalized spacial score (nSPS) is 11.3. The second-order valence-corrected chi connectivity index (χ2v) is 4.16. The third kappa shape index (κ3) is 3.59. The fraction of sp³-hybridized carbons (Fsp3) is 0.417. The van der Waals surface area contributed by atoms with Gasteiger partial charge < -0.3 is 9.88 Å². The fourth-order valence-electron chi connectivity index (χ4n) is 1.31. The van der Waals surface area contributed by atoms with Crippen LogP contribution in [0.2, 0.25) is 0 Å². The highest BCUT2D eigenvalue weighted by atomic mass is 19.3. The highest BCUT2D eigenvalue weighted by molar-refractivity contribution is 5.93. The van der Waals surface area contributed by atoms with Crippen molar-refractivity contribution < 1.29 is 13.6 Å². The van der Waals surface area contributed by atoms with Crippen molar-refractivity contribution >= 4 is 5.91 Å². The molecule has 0 aliphatic heterocycles. The van der Waals surface area contributed by atoms with Gasteiger partial charge >= 0.3 is 0 Å². The van der Waals surface area contributed by atoms with Crippen molar-refractivity contribution in [1.82, 2.24) is 9.88 Å². The lowest BCUT2D eigenvalue weighted by Crippen LogP contribution is -2.42. The summed E-state index contributed by atoms with van der Waals surface area (Å²) < 4.78 is 25.7. The number of terminal acetylenes is 1. The molecule has 0 aliphatic carbocycles. The van der Waals surface area contributed by atoms with E-state index in [4.69, 9.17) is 6.42 Å². The summed E-state index contributed by atoms with van der Waals surface area (Å²) in [5.41, 5.74) is -0.634. The van der Waals surface area contributed by atoms with E-state index >= 15 is 0 Å². The van der Waals surface area contributed by atoms with Crippen molar-refractivity contribution in [3.05, 3.63) is 24.0 Å². The number of amides is 1. The van der Waals surface area contributed by atoms with E-state index in [2.05, 4.69) is 11.2 Å². The first kappa shape index (κ1) is 13.2. The Hall–Kier alpha value is -1.83. The molecule has 1 aromatic heterocycles. The van der Waals surface area contributed by atoms with Crippen molar-refractivity contribution in [1.29, 1.82) is 0 Å². The van der Waals surface area contributed by atoms with Crippen LogP contribution in [-0.2, 0) is 6.54 Å². The first-order chi connectivity index (χ1) is 7.85. The largest absolute Gasteiger partial charge is 0.338 e. The molecule has 17 heavy (non-hydrogen) atoms. The predicted octanol–water partition coefficient (Wildman–Crippen LogP) is 1.89. The van der Waals surface area contributed by atoms with Gasteiger partial charge in [0.1, 0.15) is 5.69 Å². The summed E-state index contributed by atoms with van der Waals surface area (Å²) in [5.74, 6) is 1.95. The second-order valence-electron chi connectivity index (χ2n) is 4.16. The van der Waals surface area contributed by atoms with Gasteiger partial charge in [-0.05, 0) is 26.0 Å². The second kappa shape index (κ2) is 5.00. The van der Waals surface area contributed by atoms with Gasteiger partial charge in [-0.25, -0.2) is 8.78 Å². The van der Waals surface area contributed by atoms with E-state index in [9.17, 15) is 13.6 Å². The van der Waals surface area contributed by atoms with Crippen molar-refractivity contribution in [3.63, 3.8) is 0 Å². The number of nitrogens with zero attached hydrogens (tertiary/aromatic N) is 1. The van der Waals surface area contributed by atoms with E-state index in [1.807, 2.05) is 0 Å². The molecule has 0 atom stereocenters. The smallest absolute Gasteiger partial charge is 0.269 e. The minimum absolute atomic E-state index is 0.175. The average Bonchev–Trinajstić information content (AvgIpc) is 2.64. The molecule has 1 heterocycles. The molecule has 0 fully saturated rings. The Balaban J connectivity index is 2.84. The number of alkyl halides is 2. The third-order valence-corrected chi connectivity index (χ3v) is 2.18. The van der Waals surface area contributed by atoms with Gasteiger partial charge in [-0.3, -0.25) is 4.79 Å². The Labute approximate surface area is 98.8 Å². The molecule has 0 bridgehead atoms. The number of carbonyl (C=O) groups excluding carboxylic acids is 1. The molecule has 0 unspecified atom stereocenters. The van der Waals surface area contributed by atoms with Gasteiger partial charge in [0.25, 0.3) is 12.3 Å². The lowest BCUT2D eigenvalue weighted by Gasteiger charge is -2.20. The van der Waals surface area contributed by atoms with Crippen molar-refractivity contribution in [2.45, 2.75) is 32.4 Å². The maximum Gasteiger partial charge on any atom is 0.269 e. The van der Waals surface area contributed by atoms with Crippen LogP contribution in [0.4, 0.5) is 8.78 Å². The Kier molecular flexibility index (Phi) is 3.89. The third-order valence-electron chi connectivity index (χ3n) is 2.18. The van der Waals surface area contributed by atoms with Gasteiger partial charge in [-0.2, -0.15) is 0 Å². The summed E-state index contributed by atoms with van der Waals surface area (Å²) in [6.07, 6.45) is 4.16. The maximum atomic E-state index is 12.3. The van der Waals surface area contributed by atoms with Crippen molar-refractivity contribution in [3.8, 4) is 12.3 Å². The monoisotopic (exact) mass is 240 g/mol. The molecule has 1 N–H and O–H groups in total. The first-order valence-electron chi connectivity index (χ1n) is 5.09. The molecular formula is C12H14F2N2O. The fourth-order valence-corrected chi connectivity index (χ4v) is 1.31. The van der Waals surface area contributed by atoms with Crippen LogP contribution in [0.15, 0.2) is 18.3 Å². The lowest BCUT2D eigenvalue weighted by atomic mass is 10.1. The zero-order chi connectivity index (χ0) is 13.1. The van der Waals surface area contributed by atoms with Crippen LogP contribution in [0.25, 0.3) is 0 Å². The Morgan fingerprint density at radius 1 is 1.65 bits per heavy atom. The van der Waals surface area contributed by atoms with Gasteiger partial charge in [0.05, 0.1) is 12.1 Å². The molecule has 0 saturated carbocycles. The molecule has 3 nitrogen and oxygen atoms in total. The number of hydrogen-bond acceptors (Lipinski definition) is 1. The molecule has 5 heteroatoms. The molecule has 0 saturated heterocycles. The number of aromatic nitrogens is 1. The summed E-state index contributed by atoms with van der Waals surface area (Å²) in [5, 5.41) is 2.58. The van der Waals surface area contributed by atoms with Crippen molar-refractivity contribution in [2.75, 3.05) is 0 Å². The zero-order valence-corrected chi connectivity index (χ0v) is 9.71. The first-order valence-corrected chi connectivity index (χ1v) is 5.09. The van der Waals surface area contributed by atoms with Crippen molar-refractivity contribution in [2.24, 2.45) is 0 Å². The van der Waals surface area contributed by atoms with Gasteiger partial charge in [0.15, 0.2) is 0 Å². The highest BCUT2D eigenvalue weighted by Gasteiger charge is 2.20. The molecule has 0 spiro atoms. The molecular weight excluding hydrogens is 226 g/mol. The summed E-state index contributed by atoms with van der Waals surface area (Å²) in [6.45, 7) is 2.81. The molecule has 0 aromatic carbocycles. The Morgan fingerprint density at radius 3 is 2.82 bits per heavy atom. The average molecular weight is 240 g/mol. The van der Waals surface area contributed by atoms with E-state index in [1.54, 1.807) is 19.9 Å². The van der Waals surface area contributed by atoms with E-state index in [-0.39, 0.29) is 5.69 Å². The van der Waals surface area contributed by atoms with Crippen LogP contribution in [0.1, 0.15) is 24.3 Å². The minimum atomic E-state index is -2.51. The summed E-state index contributed by atoms with van der Waals surface area (Å²) in [6, 6.07) is 3.02. The molecule has 0 aliphatic rings. The summed E-state index contributed by atoms with van der Waals surface area (Å²) >= 11 is 0. The standard InChI is InChI=1S/C12H14F2N2O/c1-4-12(2,3)15-11(17)9-6-5-7-16(9)8-10(13)14/h1,5-7,10H,8H2,2-3H3,(H,15,17). The Bertz CT molecular complexity index is 444. The number of hydrogen-bond donors (Lipinski definition) is 1. The maximum absolute atomic E-state index is 12.3.